The second kappa shape index (κ2) is 7.47. The van der Waals surface area contributed by atoms with Gasteiger partial charge < -0.3 is 15.2 Å². The Morgan fingerprint density at radius 1 is 1.15 bits per heavy atom. The lowest BCUT2D eigenvalue weighted by Crippen LogP contribution is -2.42. The topological polar surface area (TPSA) is 103 Å². The van der Waals surface area contributed by atoms with E-state index >= 15 is 0 Å². The van der Waals surface area contributed by atoms with Gasteiger partial charge in [0.1, 0.15) is 17.2 Å². The van der Waals surface area contributed by atoms with Crippen LogP contribution in [0.15, 0.2) is 59.4 Å². The Labute approximate surface area is 185 Å². The molecule has 4 aromatic rings. The molecule has 0 aliphatic carbocycles. The fourth-order valence-electron chi connectivity index (χ4n) is 3.86. The Bertz CT molecular complexity index is 1340. The molecule has 33 heavy (non-hydrogen) atoms. The Hall–Kier alpha value is -4.15. The first kappa shape index (κ1) is 20.7. The van der Waals surface area contributed by atoms with Crippen molar-refractivity contribution in [2.45, 2.75) is 19.1 Å². The van der Waals surface area contributed by atoms with Gasteiger partial charge in [-0.1, -0.05) is 5.16 Å². The maximum Gasteiger partial charge on any atom is 0.416 e. The largest absolute Gasteiger partial charge is 0.416 e. The van der Waals surface area contributed by atoms with Crippen molar-refractivity contribution in [1.29, 1.82) is 0 Å². The van der Waals surface area contributed by atoms with Gasteiger partial charge in [-0.2, -0.15) is 18.3 Å². The summed E-state index contributed by atoms with van der Waals surface area (Å²) in [5.74, 6) is 0.257. The fourth-order valence-corrected chi connectivity index (χ4v) is 3.86. The molecule has 5 rings (SSSR count). The maximum absolute atomic E-state index is 13.4. The number of alkyl halides is 3. The van der Waals surface area contributed by atoms with Gasteiger partial charge in [0.05, 0.1) is 28.9 Å². The molecule has 0 unspecified atom stereocenters. The molecule has 0 fully saturated rings. The van der Waals surface area contributed by atoms with Gasteiger partial charge in [-0.05, 0) is 43.3 Å². The normalized spacial score (nSPS) is 16.2. The Morgan fingerprint density at radius 2 is 1.91 bits per heavy atom. The van der Waals surface area contributed by atoms with Crippen LogP contribution in [0, 0.1) is 0 Å². The van der Waals surface area contributed by atoms with Crippen LogP contribution in [0.5, 0.6) is 0 Å². The predicted molar refractivity (Wildman–Crippen MR) is 113 cm³/mol. The summed E-state index contributed by atoms with van der Waals surface area (Å²) in [5.41, 5.74) is 7.14. The Balaban J connectivity index is 1.51. The molecule has 0 spiro atoms. The lowest BCUT2D eigenvalue weighted by atomic mass is 10.1. The number of halogens is 3. The quantitative estimate of drug-likeness (QED) is 0.492. The standard InChI is InChI=1S/C22H17F3N6O2/c1-12-11-30(14-6-4-13(5-7-14)22(23,24)25)21(32)19-16(10-28-31(12)19)17-9-18(33-29-17)15-3-2-8-27-20(15)26/h2-10,12H,11H2,1H3,(H2,26,27)/t12-/m0/s1. The number of nitrogens with two attached hydrogens (primary N) is 1. The number of benzene rings is 1. The van der Waals surface area contributed by atoms with Crippen LogP contribution in [0.4, 0.5) is 24.7 Å². The first-order valence-corrected chi connectivity index (χ1v) is 9.98. The molecule has 4 heterocycles. The molecule has 1 amide bonds. The van der Waals surface area contributed by atoms with Gasteiger partial charge in [0.2, 0.25) is 0 Å². The summed E-state index contributed by atoms with van der Waals surface area (Å²) in [5, 5.41) is 8.41. The number of nitrogens with zero attached hydrogens (tertiary/aromatic N) is 5. The molecule has 1 atom stereocenters. The third-order valence-electron chi connectivity index (χ3n) is 5.50. The molecule has 8 nitrogen and oxygen atoms in total. The summed E-state index contributed by atoms with van der Waals surface area (Å²) in [4.78, 5) is 18.8. The molecule has 168 valence electrons. The molecular weight excluding hydrogens is 437 g/mol. The van der Waals surface area contributed by atoms with Gasteiger partial charge >= 0.3 is 6.18 Å². The van der Waals surface area contributed by atoms with Crippen LogP contribution in [0.25, 0.3) is 22.6 Å². The zero-order valence-electron chi connectivity index (χ0n) is 17.2. The minimum Gasteiger partial charge on any atom is -0.383 e. The van der Waals surface area contributed by atoms with Crippen molar-refractivity contribution in [1.82, 2.24) is 19.9 Å². The van der Waals surface area contributed by atoms with E-state index in [0.717, 1.165) is 12.1 Å². The summed E-state index contributed by atoms with van der Waals surface area (Å²) >= 11 is 0. The Kier molecular flexibility index (Phi) is 4.69. The van der Waals surface area contributed by atoms with Crippen molar-refractivity contribution in [2.24, 2.45) is 0 Å². The average Bonchev–Trinajstić information content (AvgIpc) is 3.44. The summed E-state index contributed by atoms with van der Waals surface area (Å²) in [7, 11) is 0. The zero-order valence-corrected chi connectivity index (χ0v) is 17.2. The number of rotatable bonds is 3. The lowest BCUT2D eigenvalue weighted by Gasteiger charge is -2.32. The van der Waals surface area contributed by atoms with Gasteiger partial charge in [-0.3, -0.25) is 9.48 Å². The molecule has 0 saturated carbocycles. The second-order valence-electron chi connectivity index (χ2n) is 7.67. The van der Waals surface area contributed by atoms with E-state index in [9.17, 15) is 18.0 Å². The third kappa shape index (κ3) is 3.51. The van der Waals surface area contributed by atoms with Gasteiger partial charge in [0.15, 0.2) is 5.76 Å². The fraction of sp³-hybridized carbons (Fsp3) is 0.182. The molecule has 1 aromatic carbocycles. The monoisotopic (exact) mass is 454 g/mol. The van der Waals surface area contributed by atoms with Gasteiger partial charge in [-0.25, -0.2) is 4.98 Å². The van der Waals surface area contributed by atoms with Gasteiger partial charge in [-0.15, -0.1) is 0 Å². The van der Waals surface area contributed by atoms with E-state index in [1.165, 1.54) is 23.2 Å². The molecule has 0 radical (unpaired) electrons. The number of amides is 1. The molecule has 3 aromatic heterocycles. The van der Waals surface area contributed by atoms with Crippen LogP contribution in [-0.4, -0.2) is 32.4 Å². The number of pyridine rings is 1. The highest BCUT2D eigenvalue weighted by Crippen LogP contribution is 2.36. The van der Waals surface area contributed by atoms with Crippen molar-refractivity contribution in [3.63, 3.8) is 0 Å². The van der Waals surface area contributed by atoms with E-state index in [1.54, 1.807) is 29.1 Å². The predicted octanol–water partition coefficient (Wildman–Crippen LogP) is 4.42. The maximum atomic E-state index is 13.4. The number of carbonyl (C=O) groups is 1. The summed E-state index contributed by atoms with van der Waals surface area (Å²) in [6, 6.07) is 9.37. The Morgan fingerprint density at radius 3 is 2.61 bits per heavy atom. The number of hydrogen-bond acceptors (Lipinski definition) is 6. The molecule has 11 heteroatoms. The minimum absolute atomic E-state index is 0.214. The number of carbonyl (C=O) groups excluding carboxylic acids is 1. The number of hydrogen-bond donors (Lipinski definition) is 1. The summed E-state index contributed by atoms with van der Waals surface area (Å²) < 4.78 is 45.8. The van der Waals surface area contributed by atoms with E-state index in [4.69, 9.17) is 10.3 Å². The number of fused-ring (bicyclic) bond motifs is 1. The smallest absolute Gasteiger partial charge is 0.383 e. The van der Waals surface area contributed by atoms with Crippen LogP contribution in [0.2, 0.25) is 0 Å². The molecule has 0 saturated heterocycles. The van der Waals surface area contributed by atoms with Crippen LogP contribution >= 0.6 is 0 Å². The molecular formula is C22H17F3N6O2. The first-order valence-electron chi connectivity index (χ1n) is 9.98. The van der Waals surface area contributed by atoms with E-state index in [-0.39, 0.29) is 24.1 Å². The van der Waals surface area contributed by atoms with Crippen molar-refractivity contribution in [2.75, 3.05) is 17.2 Å². The summed E-state index contributed by atoms with van der Waals surface area (Å²) in [6.07, 6.45) is -1.37. The highest BCUT2D eigenvalue weighted by molar-refractivity contribution is 6.09. The summed E-state index contributed by atoms with van der Waals surface area (Å²) in [6.45, 7) is 2.13. The molecule has 0 bridgehead atoms. The van der Waals surface area contributed by atoms with E-state index in [1.807, 2.05) is 6.92 Å². The first-order chi connectivity index (χ1) is 15.7. The van der Waals surface area contributed by atoms with Crippen LogP contribution in [0.3, 0.4) is 0 Å². The van der Waals surface area contributed by atoms with Crippen molar-refractivity contribution < 1.29 is 22.5 Å². The molecule has 1 aliphatic heterocycles. The molecule has 2 N–H and O–H groups in total. The van der Waals surface area contributed by atoms with Crippen LogP contribution in [-0.2, 0) is 6.18 Å². The average molecular weight is 454 g/mol. The highest BCUT2D eigenvalue weighted by Gasteiger charge is 2.35. The van der Waals surface area contributed by atoms with Crippen LogP contribution < -0.4 is 10.6 Å². The highest BCUT2D eigenvalue weighted by atomic mass is 19.4. The number of aromatic nitrogens is 4. The van der Waals surface area contributed by atoms with E-state index in [0.29, 0.717) is 28.3 Å². The SMILES string of the molecule is C[C@H]1CN(c2ccc(C(F)(F)F)cc2)C(=O)c2c(-c3cc(-c4cccnc4N)on3)cnn21. The lowest BCUT2D eigenvalue weighted by molar-refractivity contribution is -0.137. The van der Waals surface area contributed by atoms with Gasteiger partial charge in [0.25, 0.3) is 5.91 Å². The zero-order chi connectivity index (χ0) is 23.3. The van der Waals surface area contributed by atoms with Crippen molar-refractivity contribution in [3.05, 3.63) is 66.1 Å². The second-order valence-corrected chi connectivity index (χ2v) is 7.67. The third-order valence-corrected chi connectivity index (χ3v) is 5.50. The van der Waals surface area contributed by atoms with Crippen LogP contribution in [0.1, 0.15) is 29.0 Å². The van der Waals surface area contributed by atoms with E-state index < -0.39 is 17.6 Å². The van der Waals surface area contributed by atoms with Gasteiger partial charge in [0, 0.05) is 24.5 Å². The molecule has 1 aliphatic rings. The number of nitrogen functional groups attached to an aromatic ring is 1. The number of anilines is 2. The van der Waals surface area contributed by atoms with Crippen molar-refractivity contribution >= 4 is 17.4 Å². The van der Waals surface area contributed by atoms with Crippen molar-refractivity contribution in [3.8, 4) is 22.6 Å². The van der Waals surface area contributed by atoms with E-state index in [2.05, 4.69) is 15.2 Å². The minimum atomic E-state index is -4.45.